The molecule has 3 rings (SSSR count). The first-order valence-electron chi connectivity index (χ1n) is 8.37. The summed E-state index contributed by atoms with van der Waals surface area (Å²) < 4.78 is 43.1. The Hall–Kier alpha value is -3.26. The van der Waals surface area contributed by atoms with Gasteiger partial charge in [-0.25, -0.2) is 13.6 Å². The molecule has 0 unspecified atom stereocenters. The highest BCUT2D eigenvalue weighted by Gasteiger charge is 2.26. The Labute approximate surface area is 159 Å². The quantitative estimate of drug-likeness (QED) is 0.644. The molecule has 1 aromatic heterocycles. The minimum Gasteiger partial charge on any atom is -0.449 e. The fourth-order valence-electron chi connectivity index (χ4n) is 2.66. The van der Waals surface area contributed by atoms with Gasteiger partial charge in [-0.2, -0.15) is 0 Å². The second kappa shape index (κ2) is 8.18. The van der Waals surface area contributed by atoms with Crippen LogP contribution in [0.4, 0.5) is 14.5 Å². The second-order valence-electron chi connectivity index (χ2n) is 5.97. The van der Waals surface area contributed by atoms with Crippen molar-refractivity contribution in [1.82, 2.24) is 0 Å². The van der Waals surface area contributed by atoms with Crippen LogP contribution in [0.5, 0.6) is 0 Å². The van der Waals surface area contributed by atoms with Crippen LogP contribution in [0, 0.1) is 11.6 Å². The molecule has 1 N–H and O–H groups in total. The maximum Gasteiger partial charge on any atom is 0.375 e. The Bertz CT molecular complexity index is 1010. The number of methoxy groups -OCH3 is 1. The summed E-state index contributed by atoms with van der Waals surface area (Å²) >= 11 is 0. The van der Waals surface area contributed by atoms with E-state index in [0.717, 1.165) is 12.1 Å². The van der Waals surface area contributed by atoms with E-state index >= 15 is 0 Å². The first kappa shape index (κ1) is 19.5. The number of furan rings is 1. The Morgan fingerprint density at radius 3 is 2.46 bits per heavy atom. The normalized spacial score (nSPS) is 12.0. The summed E-state index contributed by atoms with van der Waals surface area (Å²) in [6.07, 6.45) is -1.32. The molecule has 0 saturated heterocycles. The van der Waals surface area contributed by atoms with Crippen LogP contribution in [0.1, 0.15) is 23.0 Å². The zero-order chi connectivity index (χ0) is 20.3. The zero-order valence-corrected chi connectivity index (χ0v) is 15.1. The predicted molar refractivity (Wildman–Crippen MR) is 96.8 cm³/mol. The number of carbonyl (C=O) groups is 2. The Balaban J connectivity index is 1.78. The van der Waals surface area contributed by atoms with Crippen LogP contribution in [0.2, 0.25) is 0 Å². The van der Waals surface area contributed by atoms with E-state index in [0.29, 0.717) is 16.5 Å². The van der Waals surface area contributed by atoms with Gasteiger partial charge in [-0.3, -0.25) is 4.79 Å². The Kier molecular flexibility index (Phi) is 5.70. The number of anilines is 1. The van der Waals surface area contributed by atoms with Crippen molar-refractivity contribution in [3.63, 3.8) is 0 Å². The smallest absolute Gasteiger partial charge is 0.375 e. The molecule has 0 bridgehead atoms. The van der Waals surface area contributed by atoms with E-state index in [2.05, 4.69) is 5.32 Å². The summed E-state index contributed by atoms with van der Waals surface area (Å²) in [5.74, 6) is -3.75. The van der Waals surface area contributed by atoms with Crippen molar-refractivity contribution in [3.8, 4) is 0 Å². The molecule has 0 aliphatic rings. The lowest BCUT2D eigenvalue weighted by Crippen LogP contribution is -2.30. The van der Waals surface area contributed by atoms with Crippen molar-refractivity contribution in [3.05, 3.63) is 65.4 Å². The van der Waals surface area contributed by atoms with Crippen LogP contribution >= 0.6 is 0 Å². The minimum atomic E-state index is -1.32. The van der Waals surface area contributed by atoms with Crippen LogP contribution in [0.15, 0.2) is 46.9 Å². The number of esters is 1. The fraction of sp³-hybridized carbons (Fsp3) is 0.200. The van der Waals surface area contributed by atoms with Crippen molar-refractivity contribution in [2.75, 3.05) is 12.4 Å². The van der Waals surface area contributed by atoms with Crippen molar-refractivity contribution in [1.29, 1.82) is 0 Å². The Morgan fingerprint density at radius 2 is 1.79 bits per heavy atom. The van der Waals surface area contributed by atoms with E-state index in [9.17, 15) is 18.4 Å². The number of hydrogen-bond acceptors (Lipinski definition) is 5. The van der Waals surface area contributed by atoms with Crippen LogP contribution in [0.3, 0.4) is 0 Å². The van der Waals surface area contributed by atoms with Gasteiger partial charge in [-0.15, -0.1) is 0 Å². The summed E-state index contributed by atoms with van der Waals surface area (Å²) in [5, 5.41) is 2.76. The molecule has 8 heteroatoms. The van der Waals surface area contributed by atoms with Crippen LogP contribution < -0.4 is 5.32 Å². The average Bonchev–Trinajstić information content (AvgIpc) is 3.04. The summed E-state index contributed by atoms with van der Waals surface area (Å²) in [6, 6.07) is 10.1. The van der Waals surface area contributed by atoms with Crippen molar-refractivity contribution in [2.24, 2.45) is 0 Å². The third-order valence-electron chi connectivity index (χ3n) is 4.04. The third-order valence-corrected chi connectivity index (χ3v) is 4.04. The zero-order valence-electron chi connectivity index (χ0n) is 15.1. The first-order valence-corrected chi connectivity index (χ1v) is 8.37. The minimum absolute atomic E-state index is 0.0974. The average molecular weight is 389 g/mol. The van der Waals surface area contributed by atoms with Crippen molar-refractivity contribution >= 4 is 28.5 Å². The van der Waals surface area contributed by atoms with Crippen molar-refractivity contribution in [2.45, 2.75) is 19.6 Å². The highest BCUT2D eigenvalue weighted by atomic mass is 19.1. The predicted octanol–water partition coefficient (Wildman–Crippen LogP) is 4.04. The monoisotopic (exact) mass is 389 g/mol. The van der Waals surface area contributed by atoms with Gasteiger partial charge in [0, 0.05) is 18.1 Å². The SMILES string of the molecule is COCc1c(C(=O)O[C@@H](C)C(=O)Nc2c(F)cccc2F)oc2ccccc12. The number of nitrogens with one attached hydrogen (secondary N) is 1. The number of carbonyl (C=O) groups excluding carboxylic acids is 2. The lowest BCUT2D eigenvalue weighted by Gasteiger charge is -2.14. The summed E-state index contributed by atoms with van der Waals surface area (Å²) in [4.78, 5) is 24.7. The largest absolute Gasteiger partial charge is 0.449 e. The van der Waals surface area contributed by atoms with Gasteiger partial charge in [0.2, 0.25) is 5.76 Å². The summed E-state index contributed by atoms with van der Waals surface area (Å²) in [7, 11) is 1.47. The molecular formula is C20H17F2NO5. The van der Waals surface area contributed by atoms with Crippen LogP contribution in [-0.4, -0.2) is 25.1 Å². The highest BCUT2D eigenvalue weighted by Crippen LogP contribution is 2.27. The number of hydrogen-bond donors (Lipinski definition) is 1. The van der Waals surface area contributed by atoms with E-state index < -0.39 is 35.3 Å². The van der Waals surface area contributed by atoms with Gasteiger partial charge in [-0.1, -0.05) is 24.3 Å². The van der Waals surface area contributed by atoms with Gasteiger partial charge in [0.25, 0.3) is 5.91 Å². The van der Waals surface area contributed by atoms with Gasteiger partial charge in [-0.05, 0) is 25.1 Å². The van der Waals surface area contributed by atoms with Crippen LogP contribution in [0.25, 0.3) is 11.0 Å². The van der Waals surface area contributed by atoms with Gasteiger partial charge >= 0.3 is 5.97 Å². The van der Waals surface area contributed by atoms with Crippen LogP contribution in [-0.2, 0) is 20.9 Å². The number of fused-ring (bicyclic) bond motifs is 1. The molecule has 2 aromatic carbocycles. The topological polar surface area (TPSA) is 77.8 Å². The van der Waals surface area contributed by atoms with E-state index in [1.807, 2.05) is 0 Å². The van der Waals surface area contributed by atoms with E-state index in [-0.39, 0.29) is 12.4 Å². The molecule has 1 amide bonds. The molecule has 0 saturated carbocycles. The van der Waals surface area contributed by atoms with Gasteiger partial charge in [0.15, 0.2) is 6.10 Å². The number of rotatable bonds is 6. The molecule has 1 atom stereocenters. The number of ether oxygens (including phenoxy) is 2. The maximum atomic E-state index is 13.7. The summed E-state index contributed by atoms with van der Waals surface area (Å²) in [6.45, 7) is 1.38. The fourth-order valence-corrected chi connectivity index (χ4v) is 2.66. The van der Waals surface area contributed by atoms with E-state index in [1.165, 1.54) is 20.1 Å². The van der Waals surface area contributed by atoms with Gasteiger partial charge in [0.05, 0.1) is 6.61 Å². The molecule has 1 heterocycles. The molecule has 0 aliphatic heterocycles. The van der Waals surface area contributed by atoms with Gasteiger partial charge in [0.1, 0.15) is 22.9 Å². The third kappa shape index (κ3) is 3.86. The molecule has 6 nitrogen and oxygen atoms in total. The number of halogens is 2. The number of para-hydroxylation sites is 2. The van der Waals surface area contributed by atoms with Crippen molar-refractivity contribution < 1.29 is 32.3 Å². The first-order chi connectivity index (χ1) is 13.4. The number of amides is 1. The maximum absolute atomic E-state index is 13.7. The van der Waals surface area contributed by atoms with E-state index in [1.54, 1.807) is 24.3 Å². The lowest BCUT2D eigenvalue weighted by molar-refractivity contribution is -0.123. The highest BCUT2D eigenvalue weighted by molar-refractivity contribution is 5.99. The standard InChI is InChI=1S/C20H17F2NO5/c1-11(19(24)23-17-14(21)7-5-8-15(17)22)27-20(25)18-13(10-26-2)12-6-3-4-9-16(12)28-18/h3-9,11H,10H2,1-2H3,(H,23,24)/t11-/m0/s1. The molecule has 146 valence electrons. The summed E-state index contributed by atoms with van der Waals surface area (Å²) in [5.41, 5.74) is 0.335. The Morgan fingerprint density at radius 1 is 1.11 bits per heavy atom. The molecular weight excluding hydrogens is 372 g/mol. The number of benzene rings is 2. The molecule has 0 radical (unpaired) electrons. The van der Waals surface area contributed by atoms with E-state index in [4.69, 9.17) is 13.9 Å². The van der Waals surface area contributed by atoms with Gasteiger partial charge < -0.3 is 19.2 Å². The molecule has 28 heavy (non-hydrogen) atoms. The second-order valence-corrected chi connectivity index (χ2v) is 5.97. The lowest BCUT2D eigenvalue weighted by atomic mass is 10.1. The molecule has 0 fully saturated rings. The molecule has 0 aliphatic carbocycles. The molecule has 3 aromatic rings. The molecule has 0 spiro atoms.